The standard InChI is InChI=1S/3C2H7AsO2.Bi/c3*1-3(2,4)5;/h3*1-2H3,(H,4,5);/q;;;+3/p-3. The molecule has 6 nitrogen and oxygen atoms in total. The van der Waals surface area contributed by atoms with Gasteiger partial charge in [0.25, 0.3) is 0 Å². The van der Waals surface area contributed by atoms with Crippen LogP contribution in [0.2, 0.25) is 34.3 Å². The van der Waals surface area contributed by atoms with Gasteiger partial charge in [0.1, 0.15) is 0 Å². The molecular weight excluding hydrogens is 602 g/mol. The maximum atomic E-state index is 9.72. The molecule has 0 saturated carbocycles. The van der Waals surface area contributed by atoms with Crippen LogP contribution in [0, 0.1) is 0 Å². The van der Waals surface area contributed by atoms with Crippen molar-refractivity contribution in [1.82, 2.24) is 0 Å². The summed E-state index contributed by atoms with van der Waals surface area (Å²) in [6.45, 7) is 0. The molecule has 10 heteroatoms. The van der Waals surface area contributed by atoms with Gasteiger partial charge in [-0.3, -0.25) is 0 Å². The molecule has 0 spiro atoms. The zero-order valence-electron chi connectivity index (χ0n) is 10.2. The van der Waals surface area contributed by atoms with Crippen LogP contribution in [-0.4, -0.2) is 67.7 Å². The minimum Gasteiger partial charge on any atom is 3.00 e. The van der Waals surface area contributed by atoms with Crippen LogP contribution in [0.25, 0.3) is 0 Å². The van der Waals surface area contributed by atoms with Crippen molar-refractivity contribution in [2.75, 3.05) is 0 Å². The van der Waals surface area contributed by atoms with E-state index in [9.17, 15) is 23.5 Å². The third kappa shape index (κ3) is 1030. The van der Waals surface area contributed by atoms with Crippen LogP contribution < -0.4 is 12.3 Å². The monoisotopic (exact) mass is 620 g/mol. The molecule has 0 fully saturated rings. The SMILES string of the molecule is C[As](C)(=O)[O-].C[As](C)(=O)[O-].C[As](C)(=O)[O-].[Bi+3]. The predicted molar refractivity (Wildman–Crippen MR) is 60.3 cm³/mol. The Morgan fingerprint density at radius 3 is 0.562 bits per heavy atom. The molecule has 0 rings (SSSR count). The normalized spacial score (nSPS) is 11.1. The fourth-order valence-electron chi connectivity index (χ4n) is 0. The van der Waals surface area contributed by atoms with E-state index in [-0.39, 0.29) is 26.2 Å². The minimum absolute atomic E-state index is 0. The van der Waals surface area contributed by atoms with Crippen LogP contribution in [0.3, 0.4) is 0 Å². The molecule has 0 aromatic carbocycles. The summed E-state index contributed by atoms with van der Waals surface area (Å²) < 4.78 is 58.3. The minimum atomic E-state index is -3.38. The van der Waals surface area contributed by atoms with Crippen LogP contribution in [0.15, 0.2) is 0 Å². The number of hydrogen-bond acceptors (Lipinski definition) is 6. The molecule has 0 bridgehead atoms. The van der Waals surface area contributed by atoms with Gasteiger partial charge in [-0.2, -0.15) is 0 Å². The Morgan fingerprint density at radius 1 is 0.562 bits per heavy atom. The van der Waals surface area contributed by atoms with E-state index in [2.05, 4.69) is 0 Å². The Hall–Kier alpha value is 1.84. The summed E-state index contributed by atoms with van der Waals surface area (Å²) >= 11 is -10.1. The molecule has 0 aliphatic heterocycles. The van der Waals surface area contributed by atoms with Gasteiger partial charge in [0.15, 0.2) is 0 Å². The predicted octanol–water partition coefficient (Wildman–Crippen LogP) is -1.94. The molecule has 16 heavy (non-hydrogen) atoms. The Bertz CT molecular complexity index is 214. The Kier molecular flexibility index (Phi) is 17.7. The van der Waals surface area contributed by atoms with Gasteiger partial charge in [-0.1, -0.05) is 0 Å². The summed E-state index contributed by atoms with van der Waals surface area (Å²) in [6, 6.07) is 0. The zero-order chi connectivity index (χ0) is 13.5. The molecular formula is C6H18As3BiO6. The van der Waals surface area contributed by atoms with E-state index in [0.29, 0.717) is 0 Å². The summed E-state index contributed by atoms with van der Waals surface area (Å²) in [7, 11) is 0. The molecule has 0 saturated heterocycles. The Balaban J connectivity index is -0.0000000655. The van der Waals surface area contributed by atoms with E-state index < -0.39 is 41.5 Å². The van der Waals surface area contributed by atoms with Crippen LogP contribution in [-0.2, 0) is 11.2 Å². The van der Waals surface area contributed by atoms with Gasteiger partial charge in [-0.25, -0.2) is 0 Å². The smallest absolute Gasteiger partial charge is 3.00 e. The summed E-state index contributed by atoms with van der Waals surface area (Å²) in [6.07, 6.45) is 0. The third-order valence-electron chi connectivity index (χ3n) is 0. The van der Waals surface area contributed by atoms with Crippen molar-refractivity contribution in [2.24, 2.45) is 0 Å². The average Bonchev–Trinajstić information content (AvgIpc) is 1.41. The van der Waals surface area contributed by atoms with Gasteiger partial charge in [0.05, 0.1) is 0 Å². The second-order valence-electron chi connectivity index (χ2n) is 3.76. The van der Waals surface area contributed by atoms with E-state index in [1.165, 1.54) is 34.3 Å². The van der Waals surface area contributed by atoms with Gasteiger partial charge < -0.3 is 0 Å². The molecule has 98 valence electrons. The van der Waals surface area contributed by atoms with Crippen molar-refractivity contribution < 1.29 is 23.5 Å². The van der Waals surface area contributed by atoms with Crippen LogP contribution in [0.1, 0.15) is 0 Å². The van der Waals surface area contributed by atoms with Crippen LogP contribution >= 0.6 is 0 Å². The van der Waals surface area contributed by atoms with Crippen molar-refractivity contribution >= 4 is 67.7 Å². The fraction of sp³-hybridized carbons (Fsp3) is 1.00. The van der Waals surface area contributed by atoms with Crippen molar-refractivity contribution in [3.8, 4) is 0 Å². The van der Waals surface area contributed by atoms with Crippen molar-refractivity contribution in [2.45, 2.75) is 34.3 Å². The third-order valence-corrected chi connectivity index (χ3v) is 0. The molecule has 0 N–H and O–H groups in total. The van der Waals surface area contributed by atoms with E-state index in [4.69, 9.17) is 0 Å². The molecule has 0 atom stereocenters. The summed E-state index contributed by atoms with van der Waals surface area (Å²) in [5.74, 6) is 0. The largest absolute Gasteiger partial charge is 3.00 e. The first-order valence-electron chi connectivity index (χ1n) is 3.78. The summed E-state index contributed by atoms with van der Waals surface area (Å²) in [4.78, 5) is 0. The number of rotatable bonds is 0. The maximum Gasteiger partial charge on any atom is 3.00 e. The van der Waals surface area contributed by atoms with E-state index in [0.717, 1.165) is 0 Å². The molecule has 0 aromatic heterocycles. The van der Waals surface area contributed by atoms with Crippen molar-refractivity contribution in [3.05, 3.63) is 0 Å². The quantitative estimate of drug-likeness (QED) is 0.291. The first-order chi connectivity index (χ1) is 6.00. The molecule has 0 aliphatic carbocycles. The molecule has 0 heterocycles. The zero-order valence-corrected chi connectivity index (χ0v) is 19.3. The van der Waals surface area contributed by atoms with E-state index in [1.54, 1.807) is 0 Å². The maximum absolute atomic E-state index is 9.72. The number of hydrogen-bond donors (Lipinski definition) is 0. The Morgan fingerprint density at radius 2 is 0.562 bits per heavy atom. The topological polar surface area (TPSA) is 120 Å². The van der Waals surface area contributed by atoms with Gasteiger partial charge in [-0.05, 0) is 0 Å². The second-order valence-corrected chi connectivity index (χ2v) is 19.5. The van der Waals surface area contributed by atoms with Gasteiger partial charge in [-0.15, -0.1) is 0 Å². The van der Waals surface area contributed by atoms with Gasteiger partial charge >= 0.3 is 125 Å². The Labute approximate surface area is 124 Å². The second kappa shape index (κ2) is 10.7. The van der Waals surface area contributed by atoms with Crippen molar-refractivity contribution in [1.29, 1.82) is 0 Å². The van der Waals surface area contributed by atoms with E-state index >= 15 is 0 Å². The van der Waals surface area contributed by atoms with Crippen LogP contribution in [0.4, 0.5) is 0 Å². The van der Waals surface area contributed by atoms with Gasteiger partial charge in [0, 0.05) is 0 Å². The molecule has 2 radical (unpaired) electrons. The van der Waals surface area contributed by atoms with Crippen molar-refractivity contribution in [3.63, 3.8) is 0 Å². The molecule has 0 aromatic rings. The molecule has 0 aliphatic rings. The molecule has 0 unspecified atom stereocenters. The van der Waals surface area contributed by atoms with E-state index in [1.807, 2.05) is 0 Å². The summed E-state index contributed by atoms with van der Waals surface area (Å²) in [5, 5.41) is 0. The first-order valence-corrected chi connectivity index (χ1v) is 19.6. The molecule has 0 amide bonds. The van der Waals surface area contributed by atoms with Crippen LogP contribution in [0.5, 0.6) is 0 Å². The fourth-order valence-corrected chi connectivity index (χ4v) is 0. The first kappa shape index (κ1) is 26.4. The van der Waals surface area contributed by atoms with Gasteiger partial charge in [0.2, 0.25) is 0 Å². The average molecular weight is 620 g/mol. The summed E-state index contributed by atoms with van der Waals surface area (Å²) in [5.41, 5.74) is 7.49.